The normalized spacial score (nSPS) is 20.8. The van der Waals surface area contributed by atoms with Gasteiger partial charge < -0.3 is 10.1 Å². The average molecular weight is 302 g/mol. The van der Waals surface area contributed by atoms with Gasteiger partial charge >= 0.3 is 0 Å². The highest BCUT2D eigenvalue weighted by atomic mass is 35.5. The first kappa shape index (κ1) is 14.4. The monoisotopic (exact) mass is 301 g/mol. The van der Waals surface area contributed by atoms with Crippen molar-refractivity contribution in [2.75, 3.05) is 7.05 Å². The molecule has 0 aromatic heterocycles. The second kappa shape index (κ2) is 5.70. The highest BCUT2D eigenvalue weighted by Gasteiger charge is 2.30. The molecule has 0 amide bonds. The molecule has 0 saturated heterocycles. The van der Waals surface area contributed by atoms with Gasteiger partial charge in [0, 0.05) is 23.0 Å². The second-order valence-electron chi connectivity index (χ2n) is 5.67. The molecule has 110 valence electrons. The van der Waals surface area contributed by atoms with Crippen LogP contribution in [0.2, 0.25) is 5.02 Å². The number of halogens is 1. The minimum atomic E-state index is 0.0809. The summed E-state index contributed by atoms with van der Waals surface area (Å²) in [6, 6.07) is 12.5. The van der Waals surface area contributed by atoms with E-state index < -0.39 is 0 Å². The molecule has 3 rings (SSSR count). The molecule has 2 aromatic rings. The molecule has 1 N–H and O–H groups in total. The van der Waals surface area contributed by atoms with E-state index >= 15 is 0 Å². The lowest BCUT2D eigenvalue weighted by atomic mass is 9.89. The second-order valence-corrected chi connectivity index (χ2v) is 6.11. The summed E-state index contributed by atoms with van der Waals surface area (Å²) >= 11 is 6.12. The van der Waals surface area contributed by atoms with Crippen molar-refractivity contribution in [3.05, 3.63) is 63.7 Å². The van der Waals surface area contributed by atoms with Crippen LogP contribution in [-0.2, 0) is 0 Å². The Balaban J connectivity index is 2.03. The third kappa shape index (κ3) is 2.66. The van der Waals surface area contributed by atoms with Crippen LogP contribution < -0.4 is 10.1 Å². The molecule has 0 saturated carbocycles. The van der Waals surface area contributed by atoms with E-state index in [-0.39, 0.29) is 12.1 Å². The van der Waals surface area contributed by atoms with Gasteiger partial charge in [-0.3, -0.25) is 0 Å². The Hall–Kier alpha value is -1.51. The first-order valence-electron chi connectivity index (χ1n) is 7.29. The van der Waals surface area contributed by atoms with Crippen LogP contribution in [0.1, 0.15) is 40.8 Å². The number of ether oxygens (including phenoxy) is 1. The zero-order valence-corrected chi connectivity index (χ0v) is 13.4. The molecule has 1 aliphatic heterocycles. The van der Waals surface area contributed by atoms with E-state index in [1.54, 1.807) is 0 Å². The van der Waals surface area contributed by atoms with Gasteiger partial charge in [-0.1, -0.05) is 29.8 Å². The van der Waals surface area contributed by atoms with Crippen LogP contribution in [0.3, 0.4) is 0 Å². The van der Waals surface area contributed by atoms with Gasteiger partial charge in [0.15, 0.2) is 0 Å². The average Bonchev–Trinajstić information content (AvgIpc) is 2.46. The summed E-state index contributed by atoms with van der Waals surface area (Å²) in [5.74, 6) is 0.928. The summed E-state index contributed by atoms with van der Waals surface area (Å²) in [5, 5.41) is 4.14. The van der Waals surface area contributed by atoms with Crippen LogP contribution in [0.4, 0.5) is 0 Å². The summed E-state index contributed by atoms with van der Waals surface area (Å²) < 4.78 is 6.27. The van der Waals surface area contributed by atoms with Crippen molar-refractivity contribution in [2.24, 2.45) is 0 Å². The van der Waals surface area contributed by atoms with E-state index in [0.717, 1.165) is 22.8 Å². The minimum Gasteiger partial charge on any atom is -0.485 e. The maximum absolute atomic E-state index is 6.27. The highest BCUT2D eigenvalue weighted by molar-refractivity contribution is 6.30. The molecule has 0 fully saturated rings. The smallest absolute Gasteiger partial charge is 0.126 e. The topological polar surface area (TPSA) is 21.3 Å². The Morgan fingerprint density at radius 1 is 1.14 bits per heavy atom. The van der Waals surface area contributed by atoms with Gasteiger partial charge in [-0.05, 0) is 55.8 Å². The van der Waals surface area contributed by atoms with Gasteiger partial charge in [0.2, 0.25) is 0 Å². The minimum absolute atomic E-state index is 0.0809. The zero-order chi connectivity index (χ0) is 15.0. The van der Waals surface area contributed by atoms with Crippen molar-refractivity contribution >= 4 is 11.6 Å². The molecule has 0 radical (unpaired) electrons. The lowest BCUT2D eigenvalue weighted by Crippen LogP contribution is -2.27. The molecule has 0 spiro atoms. The molecule has 1 aliphatic rings. The number of hydrogen-bond donors (Lipinski definition) is 1. The summed E-state index contributed by atoms with van der Waals surface area (Å²) in [5.41, 5.74) is 5.02. The number of hydrogen-bond acceptors (Lipinski definition) is 2. The van der Waals surface area contributed by atoms with Crippen LogP contribution in [0.15, 0.2) is 36.4 Å². The Morgan fingerprint density at radius 3 is 2.52 bits per heavy atom. The molecule has 21 heavy (non-hydrogen) atoms. The molecule has 2 atom stereocenters. The van der Waals surface area contributed by atoms with E-state index in [0.29, 0.717) is 0 Å². The predicted molar refractivity (Wildman–Crippen MR) is 87.2 cm³/mol. The van der Waals surface area contributed by atoms with Gasteiger partial charge in [0.05, 0.1) is 0 Å². The van der Waals surface area contributed by atoms with Gasteiger partial charge in [0.1, 0.15) is 11.9 Å². The summed E-state index contributed by atoms with van der Waals surface area (Å²) in [6.45, 7) is 4.30. The lowest BCUT2D eigenvalue weighted by molar-refractivity contribution is 0.152. The van der Waals surface area contributed by atoms with Gasteiger partial charge in [0.25, 0.3) is 0 Å². The summed E-state index contributed by atoms with van der Waals surface area (Å²) in [7, 11) is 1.99. The molecule has 2 nitrogen and oxygen atoms in total. The van der Waals surface area contributed by atoms with Crippen molar-refractivity contribution in [1.29, 1.82) is 0 Å². The van der Waals surface area contributed by atoms with Crippen LogP contribution >= 0.6 is 11.6 Å². The Bertz CT molecular complexity index is 648. The van der Waals surface area contributed by atoms with E-state index in [1.165, 1.54) is 16.7 Å². The Kier molecular flexibility index (Phi) is 3.92. The zero-order valence-electron chi connectivity index (χ0n) is 12.6. The maximum Gasteiger partial charge on any atom is 0.126 e. The van der Waals surface area contributed by atoms with E-state index in [2.05, 4.69) is 37.4 Å². The molecular formula is C18H20ClNO. The van der Waals surface area contributed by atoms with Crippen molar-refractivity contribution < 1.29 is 4.74 Å². The van der Waals surface area contributed by atoms with Crippen LogP contribution in [0, 0.1) is 13.8 Å². The van der Waals surface area contributed by atoms with Gasteiger partial charge in [-0.2, -0.15) is 0 Å². The quantitative estimate of drug-likeness (QED) is 0.865. The first-order chi connectivity index (χ1) is 10.1. The lowest BCUT2D eigenvalue weighted by Gasteiger charge is -2.34. The van der Waals surface area contributed by atoms with Crippen LogP contribution in [0.25, 0.3) is 0 Å². The SMILES string of the molecule is CNC1CC(c2c(C)cccc2C)Oc2ccc(Cl)cc21. The third-order valence-electron chi connectivity index (χ3n) is 4.28. The Labute approximate surface area is 131 Å². The third-order valence-corrected chi connectivity index (χ3v) is 4.51. The number of rotatable bonds is 2. The fraction of sp³-hybridized carbons (Fsp3) is 0.333. The largest absolute Gasteiger partial charge is 0.485 e. The fourth-order valence-corrected chi connectivity index (χ4v) is 3.41. The molecular weight excluding hydrogens is 282 g/mol. The summed E-state index contributed by atoms with van der Waals surface area (Å²) in [4.78, 5) is 0. The van der Waals surface area contributed by atoms with E-state index in [1.807, 2.05) is 25.2 Å². The molecule has 1 heterocycles. The molecule has 2 aromatic carbocycles. The number of fused-ring (bicyclic) bond motifs is 1. The van der Waals surface area contributed by atoms with Crippen molar-refractivity contribution in [1.82, 2.24) is 5.32 Å². The van der Waals surface area contributed by atoms with Gasteiger partial charge in [-0.25, -0.2) is 0 Å². The van der Waals surface area contributed by atoms with Gasteiger partial charge in [-0.15, -0.1) is 0 Å². The number of benzene rings is 2. The maximum atomic E-state index is 6.27. The molecule has 0 aliphatic carbocycles. The predicted octanol–water partition coefficient (Wildman–Crippen LogP) is 4.74. The highest BCUT2D eigenvalue weighted by Crippen LogP contribution is 2.43. The number of nitrogens with one attached hydrogen (secondary N) is 1. The van der Waals surface area contributed by atoms with Crippen LogP contribution in [0.5, 0.6) is 5.75 Å². The molecule has 0 bridgehead atoms. The first-order valence-corrected chi connectivity index (χ1v) is 7.67. The fourth-order valence-electron chi connectivity index (χ4n) is 3.23. The molecule has 3 heteroatoms. The van der Waals surface area contributed by atoms with Crippen LogP contribution in [-0.4, -0.2) is 7.05 Å². The number of aryl methyl sites for hydroxylation is 2. The van der Waals surface area contributed by atoms with E-state index in [4.69, 9.17) is 16.3 Å². The summed E-state index contributed by atoms with van der Waals surface area (Å²) in [6.07, 6.45) is 0.993. The Morgan fingerprint density at radius 2 is 1.86 bits per heavy atom. The van der Waals surface area contributed by atoms with Crippen molar-refractivity contribution in [3.63, 3.8) is 0 Å². The van der Waals surface area contributed by atoms with Crippen molar-refractivity contribution in [3.8, 4) is 5.75 Å². The standard InChI is InChI=1S/C18H20ClNO/c1-11-5-4-6-12(2)18(11)17-10-15(20-3)14-9-13(19)7-8-16(14)21-17/h4-9,15,17,20H,10H2,1-3H3. The molecule has 2 unspecified atom stereocenters. The van der Waals surface area contributed by atoms with Crippen molar-refractivity contribution in [2.45, 2.75) is 32.4 Å². The van der Waals surface area contributed by atoms with E-state index in [9.17, 15) is 0 Å².